The van der Waals surface area contributed by atoms with E-state index in [-0.39, 0.29) is 11.0 Å². The van der Waals surface area contributed by atoms with Gasteiger partial charge in [-0.2, -0.15) is 0 Å². The predicted molar refractivity (Wildman–Crippen MR) is 184 cm³/mol. The fourth-order valence-corrected chi connectivity index (χ4v) is 8.56. The van der Waals surface area contributed by atoms with E-state index in [1.165, 1.54) is 79.9 Å². The number of aromatic nitrogens is 2. The van der Waals surface area contributed by atoms with Gasteiger partial charge in [0.25, 0.3) is 0 Å². The van der Waals surface area contributed by atoms with Gasteiger partial charge in [0.05, 0.1) is 22.3 Å². The maximum atomic E-state index is 5.02. The molecule has 7 aromatic rings. The Hall–Kier alpha value is -4.89. The number of pyridine rings is 1. The lowest BCUT2D eigenvalue weighted by Crippen LogP contribution is -2.54. The summed E-state index contributed by atoms with van der Waals surface area (Å²) in [4.78, 5) is 7.60. The predicted octanol–water partition coefficient (Wildman–Crippen LogP) is 10.7. The molecule has 1 aliphatic carbocycles. The Kier molecular flexibility index (Phi) is 5.41. The molecule has 3 heteroatoms. The van der Waals surface area contributed by atoms with Crippen molar-refractivity contribution in [2.24, 2.45) is 0 Å². The lowest BCUT2D eigenvalue weighted by atomic mass is 9.61. The van der Waals surface area contributed by atoms with Gasteiger partial charge >= 0.3 is 0 Å². The number of hydrogen-bond acceptors (Lipinski definition) is 2. The zero-order valence-electron chi connectivity index (χ0n) is 25.3. The van der Waals surface area contributed by atoms with Crippen molar-refractivity contribution in [3.8, 4) is 16.8 Å². The largest absolute Gasteiger partial charge is 0.319 e. The molecule has 214 valence electrons. The first-order valence-corrected chi connectivity index (χ1v) is 15.9. The second-order valence-corrected chi connectivity index (χ2v) is 13.2. The first-order valence-electron chi connectivity index (χ1n) is 15.9. The van der Waals surface area contributed by atoms with E-state index in [2.05, 4.69) is 145 Å². The van der Waals surface area contributed by atoms with E-state index in [1.807, 2.05) is 6.20 Å². The molecule has 0 amide bonds. The minimum atomic E-state index is -0.0196. The van der Waals surface area contributed by atoms with Gasteiger partial charge < -0.3 is 9.47 Å². The summed E-state index contributed by atoms with van der Waals surface area (Å²) in [5.41, 5.74) is 8.80. The van der Waals surface area contributed by atoms with Gasteiger partial charge in [-0.3, -0.25) is 0 Å². The zero-order chi connectivity index (χ0) is 29.5. The summed E-state index contributed by atoms with van der Waals surface area (Å²) < 4.78 is 2.48. The third-order valence-corrected chi connectivity index (χ3v) is 11.0. The van der Waals surface area contributed by atoms with Crippen LogP contribution in [0.3, 0.4) is 0 Å². The van der Waals surface area contributed by atoms with Crippen LogP contribution in [0.5, 0.6) is 0 Å². The summed E-state index contributed by atoms with van der Waals surface area (Å²) in [5.74, 6) is 1.13. The molecule has 0 spiro atoms. The molecular formula is C41H35N3. The Morgan fingerprint density at radius 1 is 0.614 bits per heavy atom. The summed E-state index contributed by atoms with van der Waals surface area (Å²) in [6.07, 6.45) is 6.86. The zero-order valence-corrected chi connectivity index (χ0v) is 25.3. The van der Waals surface area contributed by atoms with Gasteiger partial charge in [0.2, 0.25) is 0 Å². The van der Waals surface area contributed by atoms with Crippen molar-refractivity contribution in [3.63, 3.8) is 0 Å². The van der Waals surface area contributed by atoms with Crippen molar-refractivity contribution in [1.29, 1.82) is 0 Å². The Bertz CT molecular complexity index is 2230. The van der Waals surface area contributed by atoms with E-state index in [0.29, 0.717) is 0 Å². The van der Waals surface area contributed by atoms with Crippen LogP contribution in [0, 0.1) is 0 Å². The molecule has 3 nitrogen and oxygen atoms in total. The molecule has 5 aromatic carbocycles. The third-order valence-electron chi connectivity index (χ3n) is 11.0. The van der Waals surface area contributed by atoms with Gasteiger partial charge in [-0.15, -0.1) is 0 Å². The Morgan fingerprint density at radius 2 is 1.36 bits per heavy atom. The van der Waals surface area contributed by atoms with Crippen molar-refractivity contribution >= 4 is 44.1 Å². The van der Waals surface area contributed by atoms with Crippen LogP contribution < -0.4 is 4.90 Å². The smallest absolute Gasteiger partial charge is 0.137 e. The number of fused-ring (bicyclic) bond motifs is 7. The molecule has 9 rings (SSSR count). The van der Waals surface area contributed by atoms with Crippen LogP contribution >= 0.6 is 0 Å². The van der Waals surface area contributed by atoms with Gasteiger partial charge in [-0.25, -0.2) is 4.98 Å². The lowest BCUT2D eigenvalue weighted by molar-refractivity contribution is 0.195. The van der Waals surface area contributed by atoms with E-state index in [9.17, 15) is 0 Å². The highest BCUT2D eigenvalue weighted by Crippen LogP contribution is 2.60. The van der Waals surface area contributed by atoms with Crippen molar-refractivity contribution in [1.82, 2.24) is 9.55 Å². The molecule has 3 heterocycles. The van der Waals surface area contributed by atoms with E-state index in [0.717, 1.165) is 12.2 Å². The number of nitrogens with zero attached hydrogens (tertiary/aromatic N) is 3. The third kappa shape index (κ3) is 3.41. The number of anilines is 2. The molecule has 2 unspecified atom stereocenters. The van der Waals surface area contributed by atoms with Crippen LogP contribution in [0.1, 0.15) is 45.1 Å². The number of rotatable bonds is 3. The maximum Gasteiger partial charge on any atom is 0.137 e. The fraction of sp³-hybridized carbons (Fsp3) is 0.195. The number of benzene rings is 5. The van der Waals surface area contributed by atoms with E-state index in [1.54, 1.807) is 0 Å². The number of hydrogen-bond donors (Lipinski definition) is 0. The van der Waals surface area contributed by atoms with Crippen LogP contribution in [0.15, 0.2) is 128 Å². The summed E-state index contributed by atoms with van der Waals surface area (Å²) in [5, 5.41) is 5.05. The molecule has 0 radical (unpaired) electrons. The molecule has 0 N–H and O–H groups in total. The van der Waals surface area contributed by atoms with E-state index >= 15 is 0 Å². The lowest BCUT2D eigenvalue weighted by Gasteiger charge is -2.50. The molecule has 1 aliphatic heterocycles. The van der Waals surface area contributed by atoms with E-state index < -0.39 is 0 Å². The highest BCUT2D eigenvalue weighted by atomic mass is 15.3. The van der Waals surface area contributed by atoms with Crippen LogP contribution in [-0.4, -0.2) is 15.1 Å². The Morgan fingerprint density at radius 3 is 2.25 bits per heavy atom. The SMILES string of the molecule is CC12CCCCC1(C)N(c1ccc3c(c1)c1ccccc1n3-c1cc(-c3ccccc3)cc3ccccc13)c1ncccc12. The van der Waals surface area contributed by atoms with Crippen LogP contribution in [0.4, 0.5) is 11.5 Å². The van der Waals surface area contributed by atoms with Crippen LogP contribution in [0.2, 0.25) is 0 Å². The van der Waals surface area contributed by atoms with Gasteiger partial charge in [-0.05, 0) is 78.7 Å². The second-order valence-electron chi connectivity index (χ2n) is 13.2. The van der Waals surface area contributed by atoms with Crippen LogP contribution in [0.25, 0.3) is 49.4 Å². The van der Waals surface area contributed by atoms with Gasteiger partial charge in [0.1, 0.15) is 5.82 Å². The molecule has 0 bridgehead atoms. The summed E-state index contributed by atoms with van der Waals surface area (Å²) in [7, 11) is 0. The average molecular weight is 570 g/mol. The molecule has 1 saturated carbocycles. The first-order chi connectivity index (χ1) is 21.6. The van der Waals surface area contributed by atoms with Crippen molar-refractivity contribution in [2.75, 3.05) is 4.90 Å². The minimum absolute atomic E-state index is 0.0196. The minimum Gasteiger partial charge on any atom is -0.319 e. The molecule has 2 aromatic heterocycles. The van der Waals surface area contributed by atoms with E-state index in [4.69, 9.17) is 4.98 Å². The summed E-state index contributed by atoms with van der Waals surface area (Å²) in [6.45, 7) is 4.95. The monoisotopic (exact) mass is 569 g/mol. The standard InChI is InChI=1S/C41H35N3/c1-40-22-10-11-23-41(40,2)44(39-35(40)18-12-24-42-39)31-20-21-37-34(27-31)33-17-8-9-19-36(33)43(37)38-26-30(28-13-4-3-5-14-28)25-29-15-6-7-16-32(29)38/h3-9,12-21,24-27H,10-11,22-23H2,1-2H3. The molecule has 1 fully saturated rings. The van der Waals surface area contributed by atoms with Crippen molar-refractivity contribution in [3.05, 3.63) is 133 Å². The molecule has 2 atom stereocenters. The Balaban J connectivity index is 1.31. The average Bonchev–Trinajstić information content (AvgIpc) is 3.50. The molecule has 44 heavy (non-hydrogen) atoms. The molecular weight excluding hydrogens is 534 g/mol. The second kappa shape index (κ2) is 9.30. The summed E-state index contributed by atoms with van der Waals surface area (Å²) in [6, 6.07) is 44.6. The fourth-order valence-electron chi connectivity index (χ4n) is 8.56. The highest BCUT2D eigenvalue weighted by Gasteiger charge is 2.58. The highest BCUT2D eigenvalue weighted by molar-refractivity contribution is 6.12. The van der Waals surface area contributed by atoms with Gasteiger partial charge in [0.15, 0.2) is 0 Å². The topological polar surface area (TPSA) is 21.1 Å². The quantitative estimate of drug-likeness (QED) is 0.211. The molecule has 2 aliphatic rings. The van der Waals surface area contributed by atoms with Crippen LogP contribution in [-0.2, 0) is 5.41 Å². The Labute approximate surface area is 258 Å². The normalized spacial score (nSPS) is 21.2. The van der Waals surface area contributed by atoms with Gasteiger partial charge in [0, 0.05) is 39.0 Å². The van der Waals surface area contributed by atoms with Crippen molar-refractivity contribution in [2.45, 2.75) is 50.5 Å². The molecule has 0 saturated heterocycles. The van der Waals surface area contributed by atoms with Crippen molar-refractivity contribution < 1.29 is 0 Å². The number of para-hydroxylation sites is 1. The summed E-state index contributed by atoms with van der Waals surface area (Å²) >= 11 is 0. The first kappa shape index (κ1) is 25.6. The maximum absolute atomic E-state index is 5.02. The van der Waals surface area contributed by atoms with Gasteiger partial charge in [-0.1, -0.05) is 98.6 Å².